The lowest BCUT2D eigenvalue weighted by Gasteiger charge is -2.10. The molecule has 0 fully saturated rings. The molecule has 0 heterocycles. The van der Waals surface area contributed by atoms with Crippen LogP contribution in [-0.4, -0.2) is 0 Å². The highest BCUT2D eigenvalue weighted by Crippen LogP contribution is 2.25. The molecule has 0 saturated carbocycles. The Bertz CT molecular complexity index is 575. The highest BCUT2D eigenvalue weighted by atomic mass is 79.9. The number of hydrogen-bond acceptors (Lipinski definition) is 2. The molecule has 0 bridgehead atoms. The van der Waals surface area contributed by atoms with Gasteiger partial charge in [-0.05, 0) is 30.3 Å². The minimum atomic E-state index is -0.424. The van der Waals surface area contributed by atoms with Gasteiger partial charge in [-0.3, -0.25) is 0 Å². The Labute approximate surface area is 112 Å². The van der Waals surface area contributed by atoms with E-state index in [-0.39, 0.29) is 18.1 Å². The number of nitrogen functional groups attached to an aromatic ring is 1. The molecule has 0 aromatic heterocycles. The second kappa shape index (κ2) is 5.35. The van der Waals surface area contributed by atoms with Crippen molar-refractivity contribution >= 4 is 21.6 Å². The van der Waals surface area contributed by atoms with Gasteiger partial charge in [0.2, 0.25) is 0 Å². The molecule has 0 unspecified atom stereocenters. The van der Waals surface area contributed by atoms with Crippen LogP contribution in [0.2, 0.25) is 0 Å². The summed E-state index contributed by atoms with van der Waals surface area (Å²) in [6, 6.07) is 8.19. The Hall–Kier alpha value is -1.62. The van der Waals surface area contributed by atoms with Gasteiger partial charge in [-0.2, -0.15) is 0 Å². The molecule has 0 aliphatic heterocycles. The number of ether oxygens (including phenoxy) is 1. The second-order valence-corrected chi connectivity index (χ2v) is 4.56. The van der Waals surface area contributed by atoms with E-state index in [9.17, 15) is 8.78 Å². The van der Waals surface area contributed by atoms with Crippen LogP contribution in [0.5, 0.6) is 5.75 Å². The van der Waals surface area contributed by atoms with Crippen LogP contribution in [0.4, 0.5) is 14.5 Å². The third-order valence-electron chi connectivity index (χ3n) is 2.36. The maximum atomic E-state index is 13.1. The van der Waals surface area contributed by atoms with Crippen molar-refractivity contribution in [1.82, 2.24) is 0 Å². The molecule has 2 N–H and O–H groups in total. The van der Waals surface area contributed by atoms with Gasteiger partial charge in [-0.25, -0.2) is 8.78 Å². The van der Waals surface area contributed by atoms with Gasteiger partial charge in [-0.15, -0.1) is 0 Å². The minimum Gasteiger partial charge on any atom is -0.487 e. The van der Waals surface area contributed by atoms with Crippen LogP contribution in [0.15, 0.2) is 40.9 Å². The molecule has 0 radical (unpaired) electrons. The molecule has 94 valence electrons. The third-order valence-corrected chi connectivity index (χ3v) is 3.14. The molecular weight excluding hydrogens is 304 g/mol. The smallest absolute Gasteiger partial charge is 0.142 e. The Balaban J connectivity index is 2.13. The fraction of sp³-hybridized carbons (Fsp3) is 0.0769. The fourth-order valence-electron chi connectivity index (χ4n) is 1.46. The lowest BCUT2D eigenvalue weighted by molar-refractivity contribution is 0.306. The SMILES string of the molecule is Nc1cc(F)ccc1OCc1cc(F)ccc1Br. The van der Waals surface area contributed by atoms with Crippen molar-refractivity contribution in [1.29, 1.82) is 0 Å². The lowest BCUT2D eigenvalue weighted by atomic mass is 10.2. The Kier molecular flexibility index (Phi) is 3.81. The fourth-order valence-corrected chi connectivity index (χ4v) is 1.82. The van der Waals surface area contributed by atoms with Crippen molar-refractivity contribution in [3.05, 3.63) is 58.1 Å². The summed E-state index contributed by atoms with van der Waals surface area (Å²) in [6.07, 6.45) is 0. The summed E-state index contributed by atoms with van der Waals surface area (Å²) < 4.78 is 32.1. The van der Waals surface area contributed by atoms with E-state index in [4.69, 9.17) is 10.5 Å². The normalized spacial score (nSPS) is 10.4. The van der Waals surface area contributed by atoms with Crippen molar-refractivity contribution in [3.63, 3.8) is 0 Å². The molecule has 0 saturated heterocycles. The van der Waals surface area contributed by atoms with Crippen molar-refractivity contribution in [2.45, 2.75) is 6.61 Å². The number of hydrogen-bond donors (Lipinski definition) is 1. The average molecular weight is 314 g/mol. The minimum absolute atomic E-state index is 0.147. The highest BCUT2D eigenvalue weighted by Gasteiger charge is 2.05. The predicted octanol–water partition coefficient (Wildman–Crippen LogP) is 3.89. The van der Waals surface area contributed by atoms with E-state index in [2.05, 4.69) is 15.9 Å². The molecule has 0 aliphatic carbocycles. The van der Waals surface area contributed by atoms with E-state index in [1.165, 1.54) is 30.3 Å². The molecule has 2 nitrogen and oxygen atoms in total. The van der Waals surface area contributed by atoms with Crippen LogP contribution in [0.3, 0.4) is 0 Å². The molecule has 0 spiro atoms. The summed E-state index contributed by atoms with van der Waals surface area (Å²) in [6.45, 7) is 0.147. The summed E-state index contributed by atoms with van der Waals surface area (Å²) in [7, 11) is 0. The van der Waals surface area contributed by atoms with Gasteiger partial charge in [0, 0.05) is 16.1 Å². The van der Waals surface area contributed by atoms with Crippen LogP contribution in [0.1, 0.15) is 5.56 Å². The topological polar surface area (TPSA) is 35.2 Å². The Morgan fingerprint density at radius 2 is 1.72 bits per heavy atom. The number of halogens is 3. The Morgan fingerprint density at radius 3 is 2.44 bits per heavy atom. The van der Waals surface area contributed by atoms with Crippen LogP contribution in [0.25, 0.3) is 0 Å². The highest BCUT2D eigenvalue weighted by molar-refractivity contribution is 9.10. The monoisotopic (exact) mass is 313 g/mol. The first-order valence-electron chi connectivity index (χ1n) is 5.18. The lowest BCUT2D eigenvalue weighted by Crippen LogP contribution is -2.00. The van der Waals surface area contributed by atoms with Crippen molar-refractivity contribution in [3.8, 4) is 5.75 Å². The van der Waals surface area contributed by atoms with E-state index < -0.39 is 5.82 Å². The predicted molar refractivity (Wildman–Crippen MR) is 69.2 cm³/mol. The Morgan fingerprint density at radius 1 is 1.06 bits per heavy atom. The maximum Gasteiger partial charge on any atom is 0.142 e. The first-order chi connectivity index (χ1) is 8.56. The molecule has 0 atom stereocenters. The van der Waals surface area contributed by atoms with Gasteiger partial charge in [-0.1, -0.05) is 15.9 Å². The first kappa shape index (κ1) is 12.8. The van der Waals surface area contributed by atoms with Crippen LogP contribution in [0, 0.1) is 11.6 Å². The zero-order valence-electron chi connectivity index (χ0n) is 9.29. The molecule has 2 rings (SSSR count). The summed E-state index contributed by atoms with van der Waals surface area (Å²) in [4.78, 5) is 0. The molecule has 5 heteroatoms. The van der Waals surface area contributed by atoms with E-state index in [0.29, 0.717) is 11.3 Å². The van der Waals surface area contributed by atoms with E-state index in [1.807, 2.05) is 0 Å². The zero-order valence-corrected chi connectivity index (χ0v) is 10.9. The maximum absolute atomic E-state index is 13.1. The standard InChI is InChI=1S/C13H10BrF2NO/c14-11-3-1-9(15)5-8(11)7-18-13-4-2-10(16)6-12(13)17/h1-6H,7,17H2. The van der Waals surface area contributed by atoms with Gasteiger partial charge in [0.25, 0.3) is 0 Å². The third kappa shape index (κ3) is 2.98. The number of nitrogens with two attached hydrogens (primary N) is 1. The van der Waals surface area contributed by atoms with Crippen molar-refractivity contribution in [2.24, 2.45) is 0 Å². The van der Waals surface area contributed by atoms with Gasteiger partial charge >= 0.3 is 0 Å². The molecule has 2 aromatic rings. The molecule has 2 aromatic carbocycles. The van der Waals surface area contributed by atoms with Gasteiger partial charge in [0.1, 0.15) is 24.0 Å². The number of benzene rings is 2. The van der Waals surface area contributed by atoms with Crippen molar-refractivity contribution < 1.29 is 13.5 Å². The van der Waals surface area contributed by atoms with Gasteiger partial charge in [0.05, 0.1) is 5.69 Å². The number of rotatable bonds is 3. The first-order valence-corrected chi connectivity index (χ1v) is 5.97. The van der Waals surface area contributed by atoms with Crippen LogP contribution >= 0.6 is 15.9 Å². The quantitative estimate of drug-likeness (QED) is 0.873. The van der Waals surface area contributed by atoms with E-state index in [1.54, 1.807) is 6.07 Å². The van der Waals surface area contributed by atoms with E-state index in [0.717, 1.165) is 4.47 Å². The second-order valence-electron chi connectivity index (χ2n) is 3.71. The van der Waals surface area contributed by atoms with Crippen LogP contribution < -0.4 is 10.5 Å². The van der Waals surface area contributed by atoms with Gasteiger partial charge < -0.3 is 10.5 Å². The van der Waals surface area contributed by atoms with E-state index >= 15 is 0 Å². The average Bonchev–Trinajstić information content (AvgIpc) is 2.32. The summed E-state index contributed by atoms with van der Waals surface area (Å²) in [5.74, 6) is -0.400. The molecule has 18 heavy (non-hydrogen) atoms. The van der Waals surface area contributed by atoms with Gasteiger partial charge in [0.15, 0.2) is 0 Å². The zero-order chi connectivity index (χ0) is 13.1. The summed E-state index contributed by atoms with van der Waals surface area (Å²) >= 11 is 3.30. The molecule has 0 aliphatic rings. The van der Waals surface area contributed by atoms with Crippen LogP contribution in [-0.2, 0) is 6.61 Å². The summed E-state index contributed by atoms with van der Waals surface area (Å²) in [5, 5.41) is 0. The summed E-state index contributed by atoms with van der Waals surface area (Å²) in [5.41, 5.74) is 6.46. The molecular formula is C13H10BrF2NO. The number of anilines is 1. The largest absolute Gasteiger partial charge is 0.487 e. The van der Waals surface area contributed by atoms with Crippen molar-refractivity contribution in [2.75, 3.05) is 5.73 Å². The molecule has 0 amide bonds.